The number of hydrogen-bond donors (Lipinski definition) is 2. The summed E-state index contributed by atoms with van der Waals surface area (Å²) in [4.78, 5) is 12.3. The summed E-state index contributed by atoms with van der Waals surface area (Å²) in [5, 5.41) is 21.7. The van der Waals surface area contributed by atoms with Crippen molar-refractivity contribution in [2.24, 2.45) is 0 Å². The third-order valence-electron chi connectivity index (χ3n) is 6.50. The molecule has 7 nitrogen and oxygen atoms in total. The fraction of sp³-hybridized carbons (Fsp3) is 0.591. The number of ether oxygens (including phenoxy) is 1. The van der Waals surface area contributed by atoms with Crippen molar-refractivity contribution in [1.82, 2.24) is 15.5 Å². The molecule has 1 atom stereocenters. The normalized spacial score (nSPS) is 22.8. The van der Waals surface area contributed by atoms with E-state index in [-0.39, 0.29) is 30.6 Å². The summed E-state index contributed by atoms with van der Waals surface area (Å²) in [5.41, 5.74) is 0.445. The van der Waals surface area contributed by atoms with Crippen LogP contribution in [0, 0.1) is 0 Å². The lowest BCUT2D eigenvalue weighted by Crippen LogP contribution is -2.41. The molecule has 0 unspecified atom stereocenters. The van der Waals surface area contributed by atoms with Crippen LogP contribution >= 0.6 is 11.6 Å². The number of rotatable bonds is 9. The predicted octanol–water partition coefficient (Wildman–Crippen LogP) is 4.04. The van der Waals surface area contributed by atoms with E-state index in [4.69, 9.17) is 16.0 Å². The summed E-state index contributed by atoms with van der Waals surface area (Å²) in [6.07, 6.45) is -2.94. The summed E-state index contributed by atoms with van der Waals surface area (Å²) in [6.45, 7) is 0.332. The number of aliphatic hydroxyl groups is 1. The second-order valence-electron chi connectivity index (χ2n) is 8.82. The van der Waals surface area contributed by atoms with Crippen molar-refractivity contribution in [1.29, 1.82) is 0 Å². The lowest BCUT2D eigenvalue weighted by Gasteiger charge is -2.39. The molecule has 33 heavy (non-hydrogen) atoms. The molecule has 1 amide bonds. The van der Waals surface area contributed by atoms with Gasteiger partial charge in [-0.25, -0.2) is 0 Å². The Morgan fingerprint density at radius 1 is 1.27 bits per heavy atom. The van der Waals surface area contributed by atoms with Gasteiger partial charge >= 0.3 is 6.36 Å². The highest BCUT2D eigenvalue weighted by Gasteiger charge is 2.46. The van der Waals surface area contributed by atoms with Crippen LogP contribution in [0.4, 0.5) is 13.2 Å². The van der Waals surface area contributed by atoms with E-state index in [0.29, 0.717) is 29.8 Å². The molecular weight excluding hydrogens is 463 g/mol. The number of nitrogens with zero attached hydrogens (tertiary/aromatic N) is 2. The molecule has 180 valence electrons. The molecule has 0 radical (unpaired) electrons. The summed E-state index contributed by atoms with van der Waals surface area (Å²) in [6, 6.07) is 6.92. The van der Waals surface area contributed by atoms with Crippen molar-refractivity contribution in [2.75, 3.05) is 6.54 Å². The minimum atomic E-state index is -4.64. The van der Waals surface area contributed by atoms with Gasteiger partial charge in [-0.15, -0.1) is 23.4 Å². The molecule has 1 aromatic heterocycles. The van der Waals surface area contributed by atoms with Crippen LogP contribution in [0.3, 0.4) is 0 Å². The van der Waals surface area contributed by atoms with Crippen LogP contribution in [0.1, 0.15) is 61.8 Å². The number of carbonyl (C=O) groups excluding carboxylic acids is 1. The standard InChI is InChI=1S/C22H25ClF3N3O4/c23-15-4-2-13(3-5-15)10-17(30)18(31)27-9-8-21(6-1-7-21)20-29-28-19(32-20)14-11-16(12-14)33-22(24,25)26/h2-5,14,16-17,30H,1,6-12H2,(H,27,31)/t14?,16?,17-/m1/s1. The number of carbonyl (C=O) groups is 1. The van der Waals surface area contributed by atoms with E-state index in [1.165, 1.54) is 0 Å². The van der Waals surface area contributed by atoms with Gasteiger partial charge in [0.15, 0.2) is 0 Å². The van der Waals surface area contributed by atoms with E-state index in [1.54, 1.807) is 24.3 Å². The summed E-state index contributed by atoms with van der Waals surface area (Å²) >= 11 is 5.85. The van der Waals surface area contributed by atoms with Crippen LogP contribution < -0.4 is 5.32 Å². The van der Waals surface area contributed by atoms with Crippen molar-refractivity contribution in [3.63, 3.8) is 0 Å². The molecule has 2 saturated carbocycles. The highest BCUT2D eigenvalue weighted by molar-refractivity contribution is 6.30. The molecule has 0 aliphatic heterocycles. The largest absolute Gasteiger partial charge is 0.522 e. The van der Waals surface area contributed by atoms with Crippen LogP contribution in [0.15, 0.2) is 28.7 Å². The molecule has 2 N–H and O–H groups in total. The third kappa shape index (κ3) is 5.85. The number of halogens is 4. The van der Waals surface area contributed by atoms with Crippen molar-refractivity contribution in [2.45, 2.75) is 74.8 Å². The Morgan fingerprint density at radius 2 is 1.97 bits per heavy atom. The maximum atomic E-state index is 12.3. The molecule has 4 rings (SSSR count). The molecule has 2 fully saturated rings. The SMILES string of the molecule is O=C(NCCC1(c2nnc(C3CC(OC(F)(F)F)C3)o2)CCC1)[C@H](O)Cc1ccc(Cl)cc1. The van der Waals surface area contributed by atoms with Gasteiger partial charge in [0.1, 0.15) is 6.10 Å². The van der Waals surface area contributed by atoms with E-state index in [0.717, 1.165) is 24.8 Å². The van der Waals surface area contributed by atoms with E-state index < -0.39 is 24.5 Å². The monoisotopic (exact) mass is 487 g/mol. The Hall–Kier alpha value is -2.17. The summed E-state index contributed by atoms with van der Waals surface area (Å²) in [5.74, 6) is 0.0925. The van der Waals surface area contributed by atoms with Gasteiger partial charge in [-0.05, 0) is 49.8 Å². The van der Waals surface area contributed by atoms with E-state index in [2.05, 4.69) is 20.3 Å². The fourth-order valence-corrected chi connectivity index (χ4v) is 4.45. The van der Waals surface area contributed by atoms with Crippen LogP contribution in [-0.2, 0) is 21.4 Å². The fourth-order valence-electron chi connectivity index (χ4n) is 4.32. The van der Waals surface area contributed by atoms with Gasteiger partial charge < -0.3 is 14.8 Å². The number of aliphatic hydroxyl groups excluding tert-OH is 1. The average molecular weight is 488 g/mol. The topological polar surface area (TPSA) is 97.5 Å². The number of nitrogens with one attached hydrogen (secondary N) is 1. The Morgan fingerprint density at radius 3 is 2.58 bits per heavy atom. The number of hydrogen-bond acceptors (Lipinski definition) is 6. The first-order valence-electron chi connectivity index (χ1n) is 10.9. The third-order valence-corrected chi connectivity index (χ3v) is 6.75. The predicted molar refractivity (Wildman–Crippen MR) is 112 cm³/mol. The van der Waals surface area contributed by atoms with E-state index in [1.807, 2.05) is 0 Å². The molecule has 2 aliphatic carbocycles. The highest BCUT2D eigenvalue weighted by Crippen LogP contribution is 2.47. The lowest BCUT2D eigenvalue weighted by molar-refractivity contribution is -0.352. The van der Waals surface area contributed by atoms with Crippen molar-refractivity contribution in [3.05, 3.63) is 46.6 Å². The zero-order valence-corrected chi connectivity index (χ0v) is 18.5. The molecule has 2 aromatic rings. The minimum absolute atomic E-state index is 0.182. The second kappa shape index (κ2) is 9.60. The first-order chi connectivity index (χ1) is 15.6. The first kappa shape index (κ1) is 24.0. The maximum Gasteiger partial charge on any atom is 0.522 e. The molecule has 2 aliphatic rings. The van der Waals surface area contributed by atoms with Crippen molar-refractivity contribution >= 4 is 17.5 Å². The van der Waals surface area contributed by atoms with Gasteiger partial charge in [-0.1, -0.05) is 30.2 Å². The number of alkyl halides is 3. The molecule has 1 aromatic carbocycles. The smallest absolute Gasteiger partial charge is 0.424 e. The quantitative estimate of drug-likeness (QED) is 0.554. The Labute approximate surface area is 193 Å². The molecular formula is C22H25ClF3N3O4. The van der Waals surface area contributed by atoms with Crippen LogP contribution in [-0.4, -0.2) is 46.3 Å². The Kier molecular flexibility index (Phi) is 6.97. The highest BCUT2D eigenvalue weighted by atomic mass is 35.5. The van der Waals surface area contributed by atoms with Gasteiger partial charge in [0.25, 0.3) is 0 Å². The average Bonchev–Trinajstić information content (AvgIpc) is 3.17. The van der Waals surface area contributed by atoms with Crippen molar-refractivity contribution in [3.8, 4) is 0 Å². The molecule has 1 heterocycles. The van der Waals surface area contributed by atoms with Gasteiger partial charge in [0.05, 0.1) is 11.5 Å². The van der Waals surface area contributed by atoms with Crippen LogP contribution in [0.5, 0.6) is 0 Å². The second-order valence-corrected chi connectivity index (χ2v) is 9.26. The molecule has 0 saturated heterocycles. The number of aromatic nitrogens is 2. The van der Waals surface area contributed by atoms with Gasteiger partial charge in [0, 0.05) is 23.9 Å². The van der Waals surface area contributed by atoms with Crippen LogP contribution in [0.2, 0.25) is 5.02 Å². The van der Waals surface area contributed by atoms with Crippen LogP contribution in [0.25, 0.3) is 0 Å². The zero-order chi connectivity index (χ0) is 23.6. The minimum Gasteiger partial charge on any atom is -0.424 e. The summed E-state index contributed by atoms with van der Waals surface area (Å²) < 4.78 is 46.7. The van der Waals surface area contributed by atoms with E-state index >= 15 is 0 Å². The lowest BCUT2D eigenvalue weighted by atomic mass is 9.66. The van der Waals surface area contributed by atoms with Gasteiger partial charge in [-0.2, -0.15) is 0 Å². The molecule has 11 heteroatoms. The van der Waals surface area contributed by atoms with Crippen molar-refractivity contribution < 1.29 is 32.2 Å². The van der Waals surface area contributed by atoms with E-state index in [9.17, 15) is 23.1 Å². The summed E-state index contributed by atoms with van der Waals surface area (Å²) in [7, 11) is 0. The first-order valence-corrected chi connectivity index (χ1v) is 11.3. The Bertz CT molecular complexity index is 957. The maximum absolute atomic E-state index is 12.3. The molecule has 0 bridgehead atoms. The zero-order valence-electron chi connectivity index (χ0n) is 17.8. The Balaban J connectivity index is 1.26. The van der Waals surface area contributed by atoms with Gasteiger partial charge in [-0.3, -0.25) is 9.53 Å². The number of benzene rings is 1. The van der Waals surface area contributed by atoms with Gasteiger partial charge in [0.2, 0.25) is 17.7 Å². The number of amides is 1. The molecule has 0 spiro atoms.